The van der Waals surface area contributed by atoms with E-state index < -0.39 is 11.7 Å². The molecule has 1 N–H and O–H groups in total. The zero-order chi connectivity index (χ0) is 14.6. The average molecular weight is 281 g/mol. The molecule has 0 aliphatic rings. The molecule has 2 rings (SSSR count). The Balaban J connectivity index is 2.31. The van der Waals surface area contributed by atoms with E-state index in [4.69, 9.17) is 9.94 Å². The summed E-state index contributed by atoms with van der Waals surface area (Å²) in [5, 5.41) is 11.4. The van der Waals surface area contributed by atoms with Crippen LogP contribution in [0.25, 0.3) is 0 Å². The Morgan fingerprint density at radius 3 is 2.50 bits per heavy atom. The summed E-state index contributed by atoms with van der Waals surface area (Å²) in [6.45, 7) is 0. The first kappa shape index (κ1) is 13.9. The first-order valence-corrected chi connectivity index (χ1v) is 5.62. The van der Waals surface area contributed by atoms with Crippen LogP contribution in [0, 0.1) is 0 Å². The summed E-state index contributed by atoms with van der Waals surface area (Å²) >= 11 is 0. The van der Waals surface area contributed by atoms with Crippen LogP contribution in [0.15, 0.2) is 53.7 Å². The third-order valence-electron chi connectivity index (χ3n) is 2.51. The molecule has 0 spiro atoms. The molecule has 0 aliphatic carbocycles. The van der Waals surface area contributed by atoms with Crippen LogP contribution in [-0.4, -0.2) is 11.4 Å². The standard InChI is InChI=1S/C14H10F3NO2/c15-14(16,17)11-5-3-6-12(8-11)20-13-7-2-1-4-10(13)9-18-19/h1-9,19H/b18-9-. The van der Waals surface area contributed by atoms with Crippen LogP contribution in [0.4, 0.5) is 13.2 Å². The maximum atomic E-state index is 12.6. The Labute approximate surface area is 112 Å². The smallest absolute Gasteiger partial charge is 0.416 e. The van der Waals surface area contributed by atoms with Gasteiger partial charge in [-0.05, 0) is 30.3 Å². The number of oxime groups is 1. The van der Waals surface area contributed by atoms with Crippen molar-refractivity contribution < 1.29 is 23.1 Å². The van der Waals surface area contributed by atoms with Gasteiger partial charge in [-0.25, -0.2) is 0 Å². The highest BCUT2D eigenvalue weighted by atomic mass is 19.4. The van der Waals surface area contributed by atoms with Crippen molar-refractivity contribution in [3.63, 3.8) is 0 Å². The minimum absolute atomic E-state index is 0.0543. The molecule has 0 atom stereocenters. The molecule has 20 heavy (non-hydrogen) atoms. The van der Waals surface area contributed by atoms with E-state index in [0.717, 1.165) is 18.3 Å². The van der Waals surface area contributed by atoms with E-state index in [-0.39, 0.29) is 5.75 Å². The van der Waals surface area contributed by atoms with Crippen LogP contribution in [0.5, 0.6) is 11.5 Å². The molecular formula is C14H10F3NO2. The predicted octanol–water partition coefficient (Wildman–Crippen LogP) is 4.31. The van der Waals surface area contributed by atoms with E-state index in [1.165, 1.54) is 12.1 Å². The maximum Gasteiger partial charge on any atom is 0.416 e. The minimum atomic E-state index is -4.43. The van der Waals surface area contributed by atoms with Crippen LogP contribution in [0.3, 0.4) is 0 Å². The van der Waals surface area contributed by atoms with Crippen LogP contribution in [0.2, 0.25) is 0 Å². The molecule has 0 fully saturated rings. The maximum absolute atomic E-state index is 12.6. The SMILES string of the molecule is O/N=C\c1ccccc1Oc1cccc(C(F)(F)F)c1. The molecule has 0 unspecified atom stereocenters. The summed E-state index contributed by atoms with van der Waals surface area (Å²) in [4.78, 5) is 0. The second kappa shape index (κ2) is 5.64. The van der Waals surface area contributed by atoms with Gasteiger partial charge in [-0.1, -0.05) is 23.4 Å². The minimum Gasteiger partial charge on any atom is -0.457 e. The fourth-order valence-electron chi connectivity index (χ4n) is 1.61. The molecule has 0 aliphatic heterocycles. The Morgan fingerprint density at radius 1 is 1.05 bits per heavy atom. The van der Waals surface area contributed by atoms with Gasteiger partial charge in [-0.3, -0.25) is 0 Å². The molecule has 104 valence electrons. The topological polar surface area (TPSA) is 41.8 Å². The molecule has 0 aromatic heterocycles. The fraction of sp³-hybridized carbons (Fsp3) is 0.0714. The van der Waals surface area contributed by atoms with Crippen molar-refractivity contribution in [1.29, 1.82) is 0 Å². The molecular weight excluding hydrogens is 271 g/mol. The molecule has 0 radical (unpaired) electrons. The Bertz CT molecular complexity index is 624. The molecule has 6 heteroatoms. The summed E-state index contributed by atoms with van der Waals surface area (Å²) in [5.74, 6) is 0.350. The molecule has 2 aromatic rings. The van der Waals surface area contributed by atoms with Gasteiger partial charge in [0, 0.05) is 5.56 Å². The number of hydrogen-bond acceptors (Lipinski definition) is 3. The van der Waals surface area contributed by atoms with Crippen molar-refractivity contribution in [3.05, 3.63) is 59.7 Å². The van der Waals surface area contributed by atoms with Gasteiger partial charge in [0.15, 0.2) is 0 Å². The molecule has 0 amide bonds. The number of rotatable bonds is 3. The van der Waals surface area contributed by atoms with Gasteiger partial charge in [-0.2, -0.15) is 13.2 Å². The van der Waals surface area contributed by atoms with Crippen LogP contribution in [0.1, 0.15) is 11.1 Å². The van der Waals surface area contributed by atoms with E-state index in [2.05, 4.69) is 5.16 Å². The van der Waals surface area contributed by atoms with E-state index in [1.54, 1.807) is 24.3 Å². The van der Waals surface area contributed by atoms with Crippen molar-refractivity contribution in [2.24, 2.45) is 5.16 Å². The third-order valence-corrected chi connectivity index (χ3v) is 2.51. The largest absolute Gasteiger partial charge is 0.457 e. The lowest BCUT2D eigenvalue weighted by Crippen LogP contribution is -2.04. The molecule has 0 bridgehead atoms. The second-order valence-electron chi connectivity index (χ2n) is 3.91. The molecule has 2 aromatic carbocycles. The lowest BCUT2D eigenvalue weighted by molar-refractivity contribution is -0.137. The van der Waals surface area contributed by atoms with E-state index in [9.17, 15) is 13.2 Å². The molecule has 0 saturated heterocycles. The molecule has 0 saturated carbocycles. The summed E-state index contributed by atoms with van der Waals surface area (Å²) in [6, 6.07) is 11.1. The number of nitrogens with zero attached hydrogens (tertiary/aromatic N) is 1. The van der Waals surface area contributed by atoms with Gasteiger partial charge >= 0.3 is 6.18 Å². The summed E-state index contributed by atoms with van der Waals surface area (Å²) in [5.41, 5.74) is -0.337. The highest BCUT2D eigenvalue weighted by Gasteiger charge is 2.30. The highest BCUT2D eigenvalue weighted by Crippen LogP contribution is 2.33. The number of benzene rings is 2. The summed E-state index contributed by atoms with van der Waals surface area (Å²) in [6.07, 6.45) is -3.28. The van der Waals surface area contributed by atoms with Crippen LogP contribution < -0.4 is 4.74 Å². The third kappa shape index (κ3) is 3.28. The van der Waals surface area contributed by atoms with Crippen molar-refractivity contribution in [2.45, 2.75) is 6.18 Å². The first-order valence-electron chi connectivity index (χ1n) is 5.62. The number of hydrogen-bond donors (Lipinski definition) is 1. The fourth-order valence-corrected chi connectivity index (χ4v) is 1.61. The zero-order valence-corrected chi connectivity index (χ0v) is 10.1. The van der Waals surface area contributed by atoms with Crippen molar-refractivity contribution in [2.75, 3.05) is 0 Å². The van der Waals surface area contributed by atoms with Crippen molar-refractivity contribution in [1.82, 2.24) is 0 Å². The van der Waals surface area contributed by atoms with Gasteiger partial charge in [-0.15, -0.1) is 0 Å². The summed E-state index contributed by atoms with van der Waals surface area (Å²) < 4.78 is 43.2. The number of alkyl halides is 3. The quantitative estimate of drug-likeness (QED) is 0.517. The van der Waals surface area contributed by atoms with Gasteiger partial charge in [0.2, 0.25) is 0 Å². The average Bonchev–Trinajstić information content (AvgIpc) is 2.41. The number of para-hydroxylation sites is 1. The first-order chi connectivity index (χ1) is 9.50. The lowest BCUT2D eigenvalue weighted by Gasteiger charge is -2.11. The summed E-state index contributed by atoms with van der Waals surface area (Å²) in [7, 11) is 0. The molecule has 0 heterocycles. The van der Waals surface area contributed by atoms with Crippen LogP contribution in [-0.2, 0) is 6.18 Å². The highest BCUT2D eigenvalue weighted by molar-refractivity contribution is 5.83. The van der Waals surface area contributed by atoms with Crippen molar-refractivity contribution in [3.8, 4) is 11.5 Å². The monoisotopic (exact) mass is 281 g/mol. The van der Waals surface area contributed by atoms with Crippen molar-refractivity contribution >= 4 is 6.21 Å². The molecule has 3 nitrogen and oxygen atoms in total. The van der Waals surface area contributed by atoms with Gasteiger partial charge in [0.1, 0.15) is 11.5 Å². The Kier molecular flexibility index (Phi) is 3.93. The van der Waals surface area contributed by atoms with Gasteiger partial charge in [0.05, 0.1) is 11.8 Å². The van der Waals surface area contributed by atoms with Gasteiger partial charge in [0.25, 0.3) is 0 Å². The van der Waals surface area contributed by atoms with E-state index in [1.807, 2.05) is 0 Å². The number of ether oxygens (including phenoxy) is 1. The van der Waals surface area contributed by atoms with E-state index >= 15 is 0 Å². The normalized spacial score (nSPS) is 11.8. The second-order valence-corrected chi connectivity index (χ2v) is 3.91. The number of halogens is 3. The Morgan fingerprint density at radius 2 is 1.80 bits per heavy atom. The van der Waals surface area contributed by atoms with Gasteiger partial charge < -0.3 is 9.94 Å². The predicted molar refractivity (Wildman–Crippen MR) is 67.3 cm³/mol. The van der Waals surface area contributed by atoms with Crippen LogP contribution >= 0.6 is 0 Å². The lowest BCUT2D eigenvalue weighted by atomic mass is 10.2. The van der Waals surface area contributed by atoms with E-state index in [0.29, 0.717) is 11.3 Å². The zero-order valence-electron chi connectivity index (χ0n) is 10.1. The Hall–Kier alpha value is -2.50.